The number of aryl methyl sites for hydroxylation is 3. The minimum Gasteiger partial charge on any atom is -0.496 e. The Morgan fingerprint density at radius 1 is 1.11 bits per heavy atom. The van der Waals surface area contributed by atoms with Crippen molar-refractivity contribution in [3.05, 3.63) is 58.7 Å². The molecule has 5 aromatic rings. The third-order valence-corrected chi connectivity index (χ3v) is 9.66. The molecule has 0 radical (unpaired) electrons. The van der Waals surface area contributed by atoms with E-state index in [0.717, 1.165) is 83.4 Å². The number of methoxy groups -OCH3 is 1. The maximum atomic E-state index is 13.8. The molecule has 2 saturated heterocycles. The molecule has 0 saturated carbocycles. The zero-order valence-electron chi connectivity index (χ0n) is 27.7. The van der Waals surface area contributed by atoms with Gasteiger partial charge in [-0.1, -0.05) is 5.16 Å². The van der Waals surface area contributed by atoms with Gasteiger partial charge >= 0.3 is 0 Å². The van der Waals surface area contributed by atoms with Gasteiger partial charge < -0.3 is 24.3 Å². The third kappa shape index (κ3) is 5.51. The van der Waals surface area contributed by atoms with E-state index in [1.807, 2.05) is 65.0 Å². The van der Waals surface area contributed by atoms with E-state index in [2.05, 4.69) is 26.4 Å². The highest BCUT2D eigenvalue weighted by Gasteiger charge is 2.31. The predicted molar refractivity (Wildman–Crippen MR) is 178 cm³/mol. The van der Waals surface area contributed by atoms with Crippen LogP contribution in [0.5, 0.6) is 5.75 Å². The molecule has 5 heterocycles. The maximum Gasteiger partial charge on any atom is 0.251 e. The molecule has 2 aliphatic rings. The lowest BCUT2D eigenvalue weighted by atomic mass is 9.83. The van der Waals surface area contributed by atoms with Gasteiger partial charge in [0.2, 0.25) is 0 Å². The number of piperidine rings is 1. The zero-order valence-corrected chi connectivity index (χ0v) is 27.7. The second-order valence-corrected chi connectivity index (χ2v) is 13.3. The number of aromatic amines is 1. The minimum absolute atomic E-state index is 0.0804. The number of nitriles is 1. The van der Waals surface area contributed by atoms with E-state index in [1.54, 1.807) is 7.11 Å². The summed E-state index contributed by atoms with van der Waals surface area (Å²) in [5.74, 6) is 1.79. The molecule has 2 aliphatic heterocycles. The highest BCUT2D eigenvalue weighted by molar-refractivity contribution is 6.14. The van der Waals surface area contributed by atoms with Crippen molar-refractivity contribution in [1.29, 1.82) is 5.26 Å². The van der Waals surface area contributed by atoms with Crippen LogP contribution in [0.3, 0.4) is 0 Å². The van der Waals surface area contributed by atoms with Crippen LogP contribution in [0.2, 0.25) is 0 Å². The molecule has 0 spiro atoms. The third-order valence-electron chi connectivity index (χ3n) is 9.66. The Morgan fingerprint density at radius 2 is 1.87 bits per heavy atom. The van der Waals surface area contributed by atoms with Crippen molar-refractivity contribution in [2.24, 2.45) is 0 Å². The van der Waals surface area contributed by atoms with Crippen molar-refractivity contribution in [2.45, 2.75) is 65.0 Å². The molecule has 11 heteroatoms. The van der Waals surface area contributed by atoms with Crippen molar-refractivity contribution < 1.29 is 18.8 Å². The average molecular weight is 634 g/mol. The molecule has 11 nitrogen and oxygen atoms in total. The number of benzene rings is 2. The van der Waals surface area contributed by atoms with Crippen molar-refractivity contribution >= 4 is 27.8 Å². The highest BCUT2D eigenvalue weighted by atomic mass is 16.5. The lowest BCUT2D eigenvalue weighted by Crippen LogP contribution is -2.54. The van der Waals surface area contributed by atoms with E-state index >= 15 is 0 Å². The lowest BCUT2D eigenvalue weighted by molar-refractivity contribution is -0.0716. The van der Waals surface area contributed by atoms with Gasteiger partial charge in [0.25, 0.3) is 5.91 Å². The minimum atomic E-state index is -0.838. The van der Waals surface area contributed by atoms with E-state index in [4.69, 9.17) is 24.0 Å². The van der Waals surface area contributed by atoms with Crippen LogP contribution in [0.1, 0.15) is 59.9 Å². The Morgan fingerprint density at radius 3 is 2.51 bits per heavy atom. The van der Waals surface area contributed by atoms with Gasteiger partial charge in [-0.2, -0.15) is 5.26 Å². The summed E-state index contributed by atoms with van der Waals surface area (Å²) in [7, 11) is 1.64. The molecule has 7 rings (SSSR count). The van der Waals surface area contributed by atoms with Crippen molar-refractivity contribution in [3.8, 4) is 34.2 Å². The number of carbonyl (C=O) groups is 1. The fourth-order valence-corrected chi connectivity index (χ4v) is 6.81. The van der Waals surface area contributed by atoms with Crippen molar-refractivity contribution in [2.75, 3.05) is 33.4 Å². The molecule has 0 unspecified atom stereocenters. The van der Waals surface area contributed by atoms with Gasteiger partial charge in [-0.3, -0.25) is 9.69 Å². The number of hydrogen-bond acceptors (Lipinski definition) is 9. The summed E-state index contributed by atoms with van der Waals surface area (Å²) in [6, 6.07) is 12.7. The number of nitrogens with one attached hydrogen (secondary N) is 2. The standard InChI is InChI=1S/C36H39N7O4/c1-19-31(20(2)47-42-19)28-14-29-27(15-30(28)45-6)32-33(38-21(3)39-34(32)41-29)22-11-23(13-24(12-22)36(4,5)18-37)35(44)40-25-7-9-43(10-8-25)26-16-46-17-26/h11-15,25-26H,7-10,16-17H2,1-6H3,(H,40,44)(H,38,39,41). The number of rotatable bonds is 7. The molecule has 2 N–H and O–H groups in total. The van der Waals surface area contributed by atoms with Gasteiger partial charge in [0.1, 0.15) is 23.0 Å². The number of amides is 1. The van der Waals surface area contributed by atoms with E-state index in [1.165, 1.54) is 0 Å². The van der Waals surface area contributed by atoms with E-state index < -0.39 is 5.41 Å². The fourth-order valence-electron chi connectivity index (χ4n) is 6.81. The molecular weight excluding hydrogens is 594 g/mol. The highest BCUT2D eigenvalue weighted by Crippen LogP contribution is 2.42. The fraction of sp³-hybridized carbons (Fsp3) is 0.417. The molecule has 47 heavy (non-hydrogen) atoms. The summed E-state index contributed by atoms with van der Waals surface area (Å²) >= 11 is 0. The van der Waals surface area contributed by atoms with E-state index in [9.17, 15) is 10.1 Å². The van der Waals surface area contributed by atoms with Gasteiger partial charge in [0.05, 0.1) is 60.2 Å². The second-order valence-electron chi connectivity index (χ2n) is 13.3. The number of fused-ring (bicyclic) bond motifs is 3. The smallest absolute Gasteiger partial charge is 0.251 e. The van der Waals surface area contributed by atoms with Crippen molar-refractivity contribution in [1.82, 2.24) is 30.3 Å². The summed E-state index contributed by atoms with van der Waals surface area (Å²) in [6.07, 6.45) is 1.77. The van der Waals surface area contributed by atoms with Crippen molar-refractivity contribution in [3.63, 3.8) is 0 Å². The Kier molecular flexibility index (Phi) is 7.73. The van der Waals surface area contributed by atoms with Crippen LogP contribution in [-0.4, -0.2) is 76.4 Å². The van der Waals surface area contributed by atoms with Crippen LogP contribution < -0.4 is 10.1 Å². The van der Waals surface area contributed by atoms with Crippen LogP contribution >= 0.6 is 0 Å². The van der Waals surface area contributed by atoms with Crippen LogP contribution in [0.25, 0.3) is 44.3 Å². The Balaban J connectivity index is 1.32. The van der Waals surface area contributed by atoms with Crippen LogP contribution in [0.4, 0.5) is 0 Å². The first kappa shape index (κ1) is 30.8. The number of likely N-dealkylation sites (tertiary alicyclic amines) is 1. The second kappa shape index (κ2) is 11.8. The largest absolute Gasteiger partial charge is 0.496 e. The number of carbonyl (C=O) groups excluding carboxylic acids is 1. The number of H-pyrrole nitrogens is 1. The molecule has 242 valence electrons. The summed E-state index contributed by atoms with van der Waals surface area (Å²) in [5, 5.41) is 19.2. The molecule has 1 amide bonds. The Bertz CT molecular complexity index is 2040. The number of hydrogen-bond donors (Lipinski definition) is 2. The SMILES string of the molecule is COc1cc2c(cc1-c1c(C)noc1C)[nH]c1nc(C)nc(-c3cc(C(=O)NC4CCN(C5COC5)CC4)cc(C(C)(C)C#N)c3)c12. The quantitative estimate of drug-likeness (QED) is 0.229. The van der Waals surface area contributed by atoms with Gasteiger partial charge in [-0.05, 0) is 83.4 Å². The zero-order chi connectivity index (χ0) is 33.0. The number of aromatic nitrogens is 4. The molecule has 0 aliphatic carbocycles. The predicted octanol–water partition coefficient (Wildman–Crippen LogP) is 5.76. The molecular formula is C36H39N7O4. The Hall–Kier alpha value is -4.79. The average Bonchev–Trinajstić information content (AvgIpc) is 3.56. The normalized spacial score (nSPS) is 16.4. The first-order valence-corrected chi connectivity index (χ1v) is 16.1. The lowest BCUT2D eigenvalue weighted by Gasteiger charge is -2.41. The number of ether oxygens (including phenoxy) is 2. The summed E-state index contributed by atoms with van der Waals surface area (Å²) < 4.78 is 16.7. The van der Waals surface area contributed by atoms with Gasteiger partial charge in [-0.15, -0.1) is 0 Å². The van der Waals surface area contributed by atoms with Crippen LogP contribution in [0.15, 0.2) is 34.9 Å². The molecule has 0 atom stereocenters. The molecule has 3 aromatic heterocycles. The van der Waals surface area contributed by atoms with Crippen LogP contribution in [0, 0.1) is 32.1 Å². The first-order chi connectivity index (χ1) is 22.6. The van der Waals surface area contributed by atoms with E-state index in [-0.39, 0.29) is 11.9 Å². The summed E-state index contributed by atoms with van der Waals surface area (Å²) in [5.41, 5.74) is 5.84. The summed E-state index contributed by atoms with van der Waals surface area (Å²) in [4.78, 5) is 29.5. The monoisotopic (exact) mass is 633 g/mol. The summed E-state index contributed by atoms with van der Waals surface area (Å²) in [6.45, 7) is 12.8. The van der Waals surface area contributed by atoms with Gasteiger partial charge in [0, 0.05) is 46.7 Å². The molecule has 0 bridgehead atoms. The van der Waals surface area contributed by atoms with Crippen LogP contribution in [-0.2, 0) is 10.2 Å². The molecule has 2 fully saturated rings. The maximum absolute atomic E-state index is 13.8. The van der Waals surface area contributed by atoms with Gasteiger partial charge in [-0.25, -0.2) is 9.97 Å². The number of nitrogens with zero attached hydrogens (tertiary/aromatic N) is 5. The topological polar surface area (TPSA) is 142 Å². The Labute approximate surface area is 273 Å². The molecule has 2 aromatic carbocycles. The first-order valence-electron chi connectivity index (χ1n) is 16.1. The van der Waals surface area contributed by atoms with E-state index in [0.29, 0.717) is 40.3 Å². The van der Waals surface area contributed by atoms with Gasteiger partial charge in [0.15, 0.2) is 0 Å².